The minimum Gasteiger partial charge on any atom is -0.550 e. The quantitative estimate of drug-likeness (QED) is 0.167. The summed E-state index contributed by atoms with van der Waals surface area (Å²) in [5.41, 5.74) is 13.4. The smallest absolute Gasteiger partial charge is 0.172 e. The van der Waals surface area contributed by atoms with Crippen LogP contribution in [0.4, 0.5) is 0 Å². The first-order chi connectivity index (χ1) is 24.1. The number of aliphatic carboxylic acids is 1. The molecule has 0 unspecified atom stereocenters. The molecule has 4 bridgehead atoms. The topological polar surface area (TPSA) is 40.1 Å². The van der Waals surface area contributed by atoms with Crippen molar-refractivity contribution >= 4 is 16.9 Å². The Morgan fingerprint density at radius 1 is 0.500 bits per heavy atom. The van der Waals surface area contributed by atoms with E-state index in [1.165, 1.54) is 36.0 Å². The fourth-order valence-corrected chi connectivity index (χ4v) is 13.5. The molecule has 4 fully saturated rings. The zero-order valence-electron chi connectivity index (χ0n) is 33.0. The van der Waals surface area contributed by atoms with Gasteiger partial charge in [-0.05, 0) is 131 Å². The van der Waals surface area contributed by atoms with Gasteiger partial charge in [0.1, 0.15) is 10.9 Å². The lowest BCUT2D eigenvalue weighted by Crippen LogP contribution is -2.54. The van der Waals surface area contributed by atoms with Gasteiger partial charge in [0.15, 0.2) is 14.7 Å². The predicted octanol–water partition coefficient (Wildman–Crippen LogP) is 10.8. The standard InChI is InChI=1S/C36H51S.C11H16O2/c1-10-25-19-28(13-4)34(29(14-5)20-25)37(35-30(15-6)21-26(11-2)22-31(35)16-7)36-32(17-8)23-27(12-3)24-33(36)18-9;12-10(13)11-4-7-1-8(5-11)3-9(2-7)6-11/h19-24H,10-18H2,1-9H3;7-9H,1-6H2,(H,12,13)/q+1;/p-1. The summed E-state index contributed by atoms with van der Waals surface area (Å²) in [6.07, 6.45) is 16.5. The highest BCUT2D eigenvalue weighted by atomic mass is 32.2. The number of carbonyl (C=O) groups excluding carboxylic acids is 1. The summed E-state index contributed by atoms with van der Waals surface area (Å²) in [6, 6.07) is 15.2. The maximum absolute atomic E-state index is 11.1. The lowest BCUT2D eigenvalue weighted by atomic mass is 9.49. The van der Waals surface area contributed by atoms with Crippen LogP contribution < -0.4 is 5.11 Å². The fraction of sp³-hybridized carbons (Fsp3) is 0.596. The molecule has 0 saturated heterocycles. The molecule has 0 aliphatic heterocycles. The van der Waals surface area contributed by atoms with E-state index in [-0.39, 0.29) is 10.9 Å². The van der Waals surface area contributed by atoms with Gasteiger partial charge in [0.05, 0.1) is 0 Å². The number of hydrogen-bond acceptors (Lipinski definition) is 2. The second kappa shape index (κ2) is 16.9. The van der Waals surface area contributed by atoms with Crippen LogP contribution in [0.2, 0.25) is 0 Å². The zero-order valence-corrected chi connectivity index (χ0v) is 33.8. The van der Waals surface area contributed by atoms with Crippen LogP contribution in [-0.2, 0) is 73.5 Å². The molecule has 50 heavy (non-hydrogen) atoms. The zero-order chi connectivity index (χ0) is 36.2. The molecule has 0 spiro atoms. The molecule has 4 aliphatic rings. The van der Waals surface area contributed by atoms with Crippen LogP contribution >= 0.6 is 0 Å². The van der Waals surface area contributed by atoms with Crippen molar-refractivity contribution in [2.75, 3.05) is 0 Å². The van der Waals surface area contributed by atoms with Gasteiger partial charge >= 0.3 is 0 Å². The van der Waals surface area contributed by atoms with Crippen LogP contribution in [0.15, 0.2) is 51.1 Å². The van der Waals surface area contributed by atoms with Gasteiger partial charge in [-0.2, -0.15) is 0 Å². The Hall–Kier alpha value is -2.52. The number of aryl methyl sites for hydroxylation is 9. The molecule has 0 N–H and O–H groups in total. The van der Waals surface area contributed by atoms with Crippen LogP contribution in [-0.4, -0.2) is 5.97 Å². The molecular formula is C47H66O2S. The highest BCUT2D eigenvalue weighted by Gasteiger charge is 2.51. The van der Waals surface area contributed by atoms with Crippen LogP contribution in [0, 0.1) is 23.2 Å². The molecule has 3 aromatic rings. The van der Waals surface area contributed by atoms with Crippen molar-refractivity contribution in [1.82, 2.24) is 0 Å². The van der Waals surface area contributed by atoms with Crippen LogP contribution in [0.25, 0.3) is 0 Å². The molecular weight excluding hydrogens is 629 g/mol. The van der Waals surface area contributed by atoms with Gasteiger partial charge in [-0.1, -0.05) is 98.7 Å². The summed E-state index contributed by atoms with van der Waals surface area (Å²) < 4.78 is 0. The van der Waals surface area contributed by atoms with Gasteiger partial charge in [0, 0.05) is 44.8 Å². The largest absolute Gasteiger partial charge is 0.550 e. The van der Waals surface area contributed by atoms with Gasteiger partial charge < -0.3 is 9.90 Å². The minimum atomic E-state index is -0.758. The van der Waals surface area contributed by atoms with E-state index in [1.54, 1.807) is 48.1 Å². The van der Waals surface area contributed by atoms with E-state index in [2.05, 4.69) is 98.7 Å². The molecule has 272 valence electrons. The first-order valence-corrected chi connectivity index (χ1v) is 21.7. The minimum absolute atomic E-state index is 0.114. The van der Waals surface area contributed by atoms with Gasteiger partial charge in [0.25, 0.3) is 0 Å². The third-order valence-electron chi connectivity index (χ3n) is 12.5. The second-order valence-electron chi connectivity index (χ2n) is 15.7. The first-order valence-electron chi connectivity index (χ1n) is 20.5. The normalized spacial score (nSPS) is 22.2. The lowest BCUT2D eigenvalue weighted by molar-refractivity contribution is -0.327. The van der Waals surface area contributed by atoms with Crippen molar-refractivity contribution in [1.29, 1.82) is 0 Å². The summed E-state index contributed by atoms with van der Waals surface area (Å²) in [5, 5.41) is 11.1. The maximum atomic E-state index is 11.1. The first kappa shape index (κ1) is 38.7. The molecule has 0 heterocycles. The van der Waals surface area contributed by atoms with Crippen molar-refractivity contribution in [2.24, 2.45) is 23.2 Å². The third kappa shape index (κ3) is 7.65. The maximum Gasteiger partial charge on any atom is 0.172 e. The van der Waals surface area contributed by atoms with E-state index in [0.29, 0.717) is 17.8 Å². The Bertz CT molecular complexity index is 1390. The average Bonchev–Trinajstić information content (AvgIpc) is 3.13. The van der Waals surface area contributed by atoms with Gasteiger partial charge in [-0.3, -0.25) is 0 Å². The number of hydrogen-bond donors (Lipinski definition) is 0. The predicted molar refractivity (Wildman–Crippen MR) is 212 cm³/mol. The van der Waals surface area contributed by atoms with Crippen molar-refractivity contribution in [3.05, 3.63) is 86.5 Å². The molecule has 0 atom stereocenters. The molecule has 0 amide bonds. The lowest BCUT2D eigenvalue weighted by Gasteiger charge is -2.57. The van der Waals surface area contributed by atoms with E-state index in [9.17, 15) is 9.90 Å². The van der Waals surface area contributed by atoms with Gasteiger partial charge in [-0.25, -0.2) is 0 Å². The Morgan fingerprint density at radius 3 is 0.920 bits per heavy atom. The molecule has 2 nitrogen and oxygen atoms in total. The molecule has 3 heteroatoms. The van der Waals surface area contributed by atoms with Crippen molar-refractivity contribution in [3.63, 3.8) is 0 Å². The molecule has 3 aromatic carbocycles. The molecule has 4 aliphatic carbocycles. The highest BCUT2D eigenvalue weighted by molar-refractivity contribution is 7.97. The van der Waals surface area contributed by atoms with E-state index < -0.39 is 11.4 Å². The summed E-state index contributed by atoms with van der Waals surface area (Å²) in [7, 11) is -0.114. The van der Waals surface area contributed by atoms with E-state index in [0.717, 1.165) is 77.0 Å². The van der Waals surface area contributed by atoms with Crippen molar-refractivity contribution in [3.8, 4) is 0 Å². The summed E-state index contributed by atoms with van der Waals surface area (Å²) in [6.45, 7) is 21.1. The summed E-state index contributed by atoms with van der Waals surface area (Å²) >= 11 is 0. The van der Waals surface area contributed by atoms with Gasteiger partial charge in [0.2, 0.25) is 0 Å². The van der Waals surface area contributed by atoms with Crippen molar-refractivity contribution < 1.29 is 9.90 Å². The average molecular weight is 695 g/mol. The summed E-state index contributed by atoms with van der Waals surface area (Å²) in [5.74, 6) is 1.38. The number of carboxylic acids is 1. The summed E-state index contributed by atoms with van der Waals surface area (Å²) in [4.78, 5) is 16.0. The second-order valence-corrected chi connectivity index (χ2v) is 17.5. The van der Waals surface area contributed by atoms with Crippen molar-refractivity contribution in [2.45, 2.75) is 173 Å². The van der Waals surface area contributed by atoms with Crippen LogP contribution in [0.1, 0.15) is 151 Å². The van der Waals surface area contributed by atoms with E-state index >= 15 is 0 Å². The number of carbonyl (C=O) groups is 1. The van der Waals surface area contributed by atoms with Crippen LogP contribution in [0.5, 0.6) is 0 Å². The SMILES string of the molecule is CCc1cc(CC)c([S+](c2c(CC)cc(CC)cc2CC)c2c(CC)cc(CC)cc2CC)c(CC)c1.O=C([O-])C12CC3CC(CC(C3)C1)C2. The Balaban J connectivity index is 0.000000306. The Labute approximate surface area is 308 Å². The molecule has 0 radical (unpaired) electrons. The highest BCUT2D eigenvalue weighted by Crippen LogP contribution is 2.59. The third-order valence-corrected chi connectivity index (χ3v) is 15.3. The van der Waals surface area contributed by atoms with E-state index in [1.807, 2.05) is 0 Å². The Morgan fingerprint density at radius 2 is 0.740 bits per heavy atom. The monoisotopic (exact) mass is 694 g/mol. The molecule has 4 saturated carbocycles. The number of benzene rings is 3. The van der Waals surface area contributed by atoms with Crippen LogP contribution in [0.3, 0.4) is 0 Å². The van der Waals surface area contributed by atoms with Gasteiger partial charge in [-0.15, -0.1) is 0 Å². The van der Waals surface area contributed by atoms with E-state index in [4.69, 9.17) is 0 Å². The molecule has 7 rings (SSSR count). The number of carboxylic acid groups (broad SMARTS) is 1. The fourth-order valence-electron chi connectivity index (χ4n) is 10.1. The molecule has 0 aromatic heterocycles. The number of rotatable bonds is 13. The Kier molecular flexibility index (Phi) is 13.1.